The minimum atomic E-state index is -0.531. The van der Waals surface area contributed by atoms with Crippen LogP contribution in [0.3, 0.4) is 0 Å². The molecule has 1 aliphatic carbocycles. The van der Waals surface area contributed by atoms with Crippen molar-refractivity contribution in [1.82, 2.24) is 30.1 Å². The van der Waals surface area contributed by atoms with Gasteiger partial charge in [-0.3, -0.25) is 19.9 Å². The van der Waals surface area contributed by atoms with Crippen LogP contribution in [-0.4, -0.2) is 41.1 Å². The van der Waals surface area contributed by atoms with Gasteiger partial charge in [-0.1, -0.05) is 12.8 Å². The van der Waals surface area contributed by atoms with Gasteiger partial charge in [0, 0.05) is 58.0 Å². The summed E-state index contributed by atoms with van der Waals surface area (Å²) >= 11 is 0. The van der Waals surface area contributed by atoms with Crippen LogP contribution in [-0.2, 0) is 4.79 Å². The molecular formula is C30H24FN7O2. The van der Waals surface area contributed by atoms with Gasteiger partial charge in [0.05, 0.1) is 29.3 Å². The van der Waals surface area contributed by atoms with Crippen molar-refractivity contribution in [2.45, 2.75) is 25.7 Å². The van der Waals surface area contributed by atoms with Crippen LogP contribution in [0.25, 0.3) is 55.6 Å². The van der Waals surface area contributed by atoms with Gasteiger partial charge in [-0.2, -0.15) is 5.10 Å². The third-order valence-corrected chi connectivity index (χ3v) is 7.48. The summed E-state index contributed by atoms with van der Waals surface area (Å²) < 4.78 is 14.0. The molecule has 0 saturated heterocycles. The third kappa shape index (κ3) is 4.33. The maximum atomic E-state index is 14.0. The van der Waals surface area contributed by atoms with Gasteiger partial charge in [0.1, 0.15) is 17.3 Å². The van der Waals surface area contributed by atoms with Crippen LogP contribution in [0.2, 0.25) is 0 Å². The molecule has 6 aromatic rings. The molecule has 0 unspecified atom stereocenters. The predicted molar refractivity (Wildman–Crippen MR) is 150 cm³/mol. The van der Waals surface area contributed by atoms with Crippen LogP contribution >= 0.6 is 0 Å². The number of phenols is 1. The van der Waals surface area contributed by atoms with E-state index in [0.717, 1.165) is 64.9 Å². The average molecular weight is 534 g/mol. The van der Waals surface area contributed by atoms with Crippen molar-refractivity contribution in [3.05, 3.63) is 73.2 Å². The summed E-state index contributed by atoms with van der Waals surface area (Å²) in [5, 5.41) is 22.0. The maximum Gasteiger partial charge on any atom is 0.227 e. The number of rotatable bonds is 5. The maximum absolute atomic E-state index is 14.0. The number of amides is 1. The SMILES string of the molecule is O=C(Nc1cncc(-c2cnc3[nH]nc(-c4cc5c(-c6cc(O)cc(F)c6)cncc5[nH]4)c3c2)c1)C1CCCC1. The minimum Gasteiger partial charge on any atom is -0.508 e. The fourth-order valence-electron chi connectivity index (χ4n) is 5.50. The van der Waals surface area contributed by atoms with E-state index in [1.807, 2.05) is 18.2 Å². The second-order valence-corrected chi connectivity index (χ2v) is 10.2. The summed E-state index contributed by atoms with van der Waals surface area (Å²) in [5.41, 5.74) is 6.24. The Morgan fingerprint density at radius 2 is 1.73 bits per heavy atom. The molecule has 1 amide bonds. The second-order valence-electron chi connectivity index (χ2n) is 10.2. The minimum absolute atomic E-state index is 0.0447. The highest BCUT2D eigenvalue weighted by Gasteiger charge is 2.23. The van der Waals surface area contributed by atoms with Crippen molar-refractivity contribution in [1.29, 1.82) is 0 Å². The molecule has 1 aliphatic rings. The Bertz CT molecular complexity index is 1890. The molecule has 7 rings (SSSR count). The first-order valence-corrected chi connectivity index (χ1v) is 13.1. The fraction of sp³-hybridized carbons (Fsp3) is 0.167. The molecule has 0 atom stereocenters. The highest BCUT2D eigenvalue weighted by molar-refractivity contribution is 6.01. The Morgan fingerprint density at radius 3 is 2.58 bits per heavy atom. The molecule has 0 radical (unpaired) electrons. The van der Waals surface area contributed by atoms with Gasteiger partial charge in [0.15, 0.2) is 5.65 Å². The van der Waals surface area contributed by atoms with Gasteiger partial charge < -0.3 is 15.4 Å². The molecule has 10 heteroatoms. The lowest BCUT2D eigenvalue weighted by Gasteiger charge is -2.11. The van der Waals surface area contributed by atoms with Gasteiger partial charge in [-0.05, 0) is 48.7 Å². The zero-order chi connectivity index (χ0) is 27.2. The molecule has 0 spiro atoms. The number of carbonyl (C=O) groups is 1. The molecule has 198 valence electrons. The lowest BCUT2D eigenvalue weighted by Crippen LogP contribution is -2.20. The summed E-state index contributed by atoms with van der Waals surface area (Å²) in [6.07, 6.45) is 12.5. The fourth-order valence-corrected chi connectivity index (χ4v) is 5.50. The molecular weight excluding hydrogens is 509 g/mol. The highest BCUT2D eigenvalue weighted by Crippen LogP contribution is 2.35. The Balaban J connectivity index is 1.25. The van der Waals surface area contributed by atoms with Crippen LogP contribution in [0.5, 0.6) is 5.75 Å². The molecule has 0 aliphatic heterocycles. The molecule has 1 fully saturated rings. The number of phenolic OH excluding ortho intramolecular Hbond substituents is 1. The zero-order valence-corrected chi connectivity index (χ0v) is 21.3. The third-order valence-electron chi connectivity index (χ3n) is 7.48. The Morgan fingerprint density at radius 1 is 0.900 bits per heavy atom. The number of aromatic nitrogens is 6. The molecule has 5 aromatic heterocycles. The lowest BCUT2D eigenvalue weighted by atomic mass is 10.0. The van der Waals surface area contributed by atoms with E-state index < -0.39 is 5.82 Å². The van der Waals surface area contributed by atoms with Crippen molar-refractivity contribution in [3.63, 3.8) is 0 Å². The Hall–Kier alpha value is -5.12. The van der Waals surface area contributed by atoms with Crippen LogP contribution in [0, 0.1) is 11.7 Å². The normalized spacial score (nSPS) is 13.8. The van der Waals surface area contributed by atoms with E-state index in [4.69, 9.17) is 0 Å². The van der Waals surface area contributed by atoms with Crippen molar-refractivity contribution in [3.8, 4) is 39.4 Å². The number of hydrogen-bond donors (Lipinski definition) is 4. The summed E-state index contributed by atoms with van der Waals surface area (Å²) in [4.78, 5) is 29.2. The summed E-state index contributed by atoms with van der Waals surface area (Å²) in [6.45, 7) is 0. The number of aromatic amines is 2. The van der Waals surface area contributed by atoms with E-state index in [1.54, 1.807) is 31.0 Å². The topological polar surface area (TPSA) is 132 Å². The van der Waals surface area contributed by atoms with Crippen molar-refractivity contribution >= 4 is 33.5 Å². The average Bonchev–Trinajstić information content (AvgIpc) is 3.71. The summed E-state index contributed by atoms with van der Waals surface area (Å²) in [5.74, 6) is -0.579. The van der Waals surface area contributed by atoms with Gasteiger partial charge in [0.2, 0.25) is 5.91 Å². The molecule has 9 nitrogen and oxygen atoms in total. The van der Waals surface area contributed by atoms with Crippen molar-refractivity contribution < 1.29 is 14.3 Å². The van der Waals surface area contributed by atoms with Gasteiger partial charge in [-0.15, -0.1) is 0 Å². The largest absolute Gasteiger partial charge is 0.508 e. The van der Waals surface area contributed by atoms with Crippen LogP contribution in [0.15, 0.2) is 67.4 Å². The molecule has 4 N–H and O–H groups in total. The van der Waals surface area contributed by atoms with Gasteiger partial charge >= 0.3 is 0 Å². The number of pyridine rings is 3. The van der Waals surface area contributed by atoms with Crippen LogP contribution < -0.4 is 5.32 Å². The molecule has 1 aromatic carbocycles. The Labute approximate surface area is 227 Å². The van der Waals surface area contributed by atoms with E-state index in [0.29, 0.717) is 28.2 Å². The predicted octanol–water partition coefficient (Wildman–Crippen LogP) is 6.20. The first-order valence-electron chi connectivity index (χ1n) is 13.1. The number of halogens is 1. The lowest BCUT2D eigenvalue weighted by molar-refractivity contribution is -0.119. The summed E-state index contributed by atoms with van der Waals surface area (Å²) in [7, 11) is 0. The number of benzene rings is 1. The number of H-pyrrole nitrogens is 2. The number of anilines is 1. The molecule has 40 heavy (non-hydrogen) atoms. The monoisotopic (exact) mass is 533 g/mol. The zero-order valence-electron chi connectivity index (χ0n) is 21.3. The smallest absolute Gasteiger partial charge is 0.227 e. The molecule has 1 saturated carbocycles. The van der Waals surface area contributed by atoms with Gasteiger partial charge in [-0.25, -0.2) is 9.37 Å². The van der Waals surface area contributed by atoms with Crippen molar-refractivity contribution in [2.75, 3.05) is 5.32 Å². The second kappa shape index (κ2) is 9.57. The number of hydrogen-bond acceptors (Lipinski definition) is 6. The Kier molecular flexibility index (Phi) is 5.73. The summed E-state index contributed by atoms with van der Waals surface area (Å²) in [6, 6.07) is 9.74. The van der Waals surface area contributed by atoms with E-state index >= 15 is 0 Å². The van der Waals surface area contributed by atoms with Gasteiger partial charge in [0.25, 0.3) is 0 Å². The van der Waals surface area contributed by atoms with E-state index in [-0.39, 0.29) is 17.6 Å². The first kappa shape index (κ1) is 24.0. The number of carbonyl (C=O) groups excluding carboxylic acids is 1. The first-order chi connectivity index (χ1) is 19.5. The van der Waals surface area contributed by atoms with E-state index in [2.05, 4.69) is 35.5 Å². The molecule has 5 heterocycles. The van der Waals surface area contributed by atoms with Crippen LogP contribution in [0.1, 0.15) is 25.7 Å². The van der Waals surface area contributed by atoms with Crippen molar-refractivity contribution in [2.24, 2.45) is 5.92 Å². The quantitative estimate of drug-likeness (QED) is 0.208. The number of aromatic hydroxyl groups is 1. The van der Waals surface area contributed by atoms with Crippen LogP contribution in [0.4, 0.5) is 10.1 Å². The number of nitrogens with zero attached hydrogens (tertiary/aromatic N) is 4. The highest BCUT2D eigenvalue weighted by atomic mass is 19.1. The standard InChI is InChI=1S/C30H24FN7O2/c31-20-5-17(7-22(39)9-20)25-14-33-15-27-23(25)10-26(36-27)28-24-8-19(12-34-29(24)38-37-28)18-6-21(13-32-11-18)35-30(40)16-3-1-2-4-16/h5-16,36,39H,1-4H2,(H,35,40)(H,34,37,38). The number of nitrogens with one attached hydrogen (secondary N) is 3. The molecule has 0 bridgehead atoms. The number of fused-ring (bicyclic) bond motifs is 2. The van der Waals surface area contributed by atoms with E-state index in [1.165, 1.54) is 12.1 Å². The van der Waals surface area contributed by atoms with E-state index in [9.17, 15) is 14.3 Å².